The van der Waals surface area contributed by atoms with Crippen LogP contribution in [-0.4, -0.2) is 19.5 Å². The normalized spacial score (nSPS) is 18.6. The van der Waals surface area contributed by atoms with Crippen LogP contribution in [0.5, 0.6) is 11.5 Å². The summed E-state index contributed by atoms with van der Waals surface area (Å²) in [4.78, 5) is 0. The average Bonchev–Trinajstić information content (AvgIpc) is 2.58. The molecule has 0 amide bonds. The first kappa shape index (κ1) is 17.6. The van der Waals surface area contributed by atoms with Crippen molar-refractivity contribution in [2.75, 3.05) is 13.9 Å². The molecule has 1 atom stereocenters. The lowest BCUT2D eigenvalue weighted by molar-refractivity contribution is 0.0512. The molecule has 2 aromatic rings. The van der Waals surface area contributed by atoms with Gasteiger partial charge in [0.05, 0.1) is 0 Å². The zero-order valence-corrected chi connectivity index (χ0v) is 15.5. The highest BCUT2D eigenvalue weighted by Gasteiger charge is 2.27. The topological polar surface area (TPSA) is 27.7 Å². The summed E-state index contributed by atoms with van der Waals surface area (Å²) in [7, 11) is 1.62. The van der Waals surface area contributed by atoms with Gasteiger partial charge in [-0.05, 0) is 68.7 Å². The zero-order valence-electron chi connectivity index (χ0n) is 15.5. The van der Waals surface area contributed by atoms with E-state index < -0.39 is 0 Å². The molecule has 0 fully saturated rings. The quantitative estimate of drug-likeness (QED) is 0.497. The van der Waals surface area contributed by atoms with Crippen molar-refractivity contribution in [2.24, 2.45) is 0 Å². The average molecular weight is 338 g/mol. The molecule has 3 rings (SSSR count). The van der Waals surface area contributed by atoms with Crippen molar-refractivity contribution in [3.8, 4) is 11.5 Å². The van der Waals surface area contributed by atoms with Crippen LogP contribution in [-0.2, 0) is 4.74 Å². The third-order valence-electron chi connectivity index (χ3n) is 4.48. The van der Waals surface area contributed by atoms with Gasteiger partial charge in [-0.15, -0.1) is 0 Å². The largest absolute Gasteiger partial charge is 0.483 e. The SMILES string of the molecule is COCOc1ccc2ccc3c(c2c1)C=C[C@@](C)(CCC=C(C)C)O3. The van der Waals surface area contributed by atoms with Crippen LogP contribution in [0, 0.1) is 0 Å². The highest BCUT2D eigenvalue weighted by Crippen LogP contribution is 2.38. The van der Waals surface area contributed by atoms with Crippen molar-refractivity contribution in [3.63, 3.8) is 0 Å². The van der Waals surface area contributed by atoms with Gasteiger partial charge in [0.25, 0.3) is 0 Å². The van der Waals surface area contributed by atoms with Crippen molar-refractivity contribution in [3.05, 3.63) is 53.6 Å². The molecule has 0 N–H and O–H groups in total. The molecule has 0 saturated heterocycles. The van der Waals surface area contributed by atoms with E-state index in [0.717, 1.165) is 35.3 Å². The van der Waals surface area contributed by atoms with Crippen LogP contribution in [0.1, 0.15) is 39.2 Å². The smallest absolute Gasteiger partial charge is 0.188 e. The molecule has 3 heteroatoms. The van der Waals surface area contributed by atoms with E-state index >= 15 is 0 Å². The third kappa shape index (κ3) is 4.05. The second kappa shape index (κ2) is 7.32. The van der Waals surface area contributed by atoms with E-state index in [1.54, 1.807) is 7.11 Å². The predicted molar refractivity (Wildman–Crippen MR) is 103 cm³/mol. The second-order valence-corrected chi connectivity index (χ2v) is 6.98. The summed E-state index contributed by atoms with van der Waals surface area (Å²) in [6.07, 6.45) is 8.60. The molecule has 1 aliphatic rings. The Balaban J connectivity index is 1.89. The minimum Gasteiger partial charge on any atom is -0.483 e. The fourth-order valence-corrected chi connectivity index (χ4v) is 3.11. The summed E-state index contributed by atoms with van der Waals surface area (Å²) in [5, 5.41) is 2.30. The maximum absolute atomic E-state index is 6.35. The maximum Gasteiger partial charge on any atom is 0.188 e. The first-order chi connectivity index (χ1) is 12.0. The summed E-state index contributed by atoms with van der Waals surface area (Å²) in [5.74, 6) is 1.73. The highest BCUT2D eigenvalue weighted by atomic mass is 16.7. The van der Waals surface area contributed by atoms with Gasteiger partial charge < -0.3 is 14.2 Å². The zero-order chi connectivity index (χ0) is 17.9. The van der Waals surface area contributed by atoms with Crippen LogP contribution in [0.4, 0.5) is 0 Å². The van der Waals surface area contributed by atoms with Crippen LogP contribution >= 0.6 is 0 Å². The maximum atomic E-state index is 6.35. The Kier molecular flexibility index (Phi) is 5.14. The number of benzene rings is 2. The van der Waals surface area contributed by atoms with Crippen LogP contribution in [0.2, 0.25) is 0 Å². The third-order valence-corrected chi connectivity index (χ3v) is 4.48. The fourth-order valence-electron chi connectivity index (χ4n) is 3.11. The van der Waals surface area contributed by atoms with Gasteiger partial charge in [0, 0.05) is 12.7 Å². The Morgan fingerprint density at radius 1 is 1.20 bits per heavy atom. The molecule has 0 bridgehead atoms. The Labute approximate surface area is 149 Å². The van der Waals surface area contributed by atoms with Crippen LogP contribution in [0.25, 0.3) is 16.8 Å². The molecule has 0 radical (unpaired) electrons. The molecule has 0 aliphatic carbocycles. The lowest BCUT2D eigenvalue weighted by Gasteiger charge is -2.32. The Morgan fingerprint density at radius 3 is 2.76 bits per heavy atom. The molecule has 132 valence electrons. The molecule has 0 unspecified atom stereocenters. The van der Waals surface area contributed by atoms with Gasteiger partial charge in [0.2, 0.25) is 0 Å². The van der Waals surface area contributed by atoms with Crippen LogP contribution < -0.4 is 9.47 Å². The van der Waals surface area contributed by atoms with Crippen LogP contribution in [0.3, 0.4) is 0 Å². The molecule has 25 heavy (non-hydrogen) atoms. The van der Waals surface area contributed by atoms with E-state index in [0.29, 0.717) is 0 Å². The summed E-state index contributed by atoms with van der Waals surface area (Å²) >= 11 is 0. The van der Waals surface area contributed by atoms with Crippen molar-refractivity contribution in [2.45, 2.75) is 39.2 Å². The van der Waals surface area contributed by atoms with E-state index in [9.17, 15) is 0 Å². The Hall–Kier alpha value is -2.26. The predicted octanol–water partition coefficient (Wildman–Crippen LogP) is 5.73. The molecule has 2 aromatic carbocycles. The molecule has 1 heterocycles. The highest BCUT2D eigenvalue weighted by molar-refractivity contribution is 5.94. The van der Waals surface area contributed by atoms with E-state index in [4.69, 9.17) is 14.2 Å². The first-order valence-corrected chi connectivity index (χ1v) is 8.71. The molecule has 0 spiro atoms. The number of hydrogen-bond donors (Lipinski definition) is 0. The number of methoxy groups -OCH3 is 1. The Morgan fingerprint density at radius 2 is 2.00 bits per heavy atom. The standard InChI is InChI=1S/C22H26O3/c1-16(2)6-5-12-22(3)13-11-19-20-14-18(24-15-23-4)9-7-17(20)8-10-21(19)25-22/h6-11,13-14H,5,12,15H2,1-4H3/t22-/m1/s1. The van der Waals surface area contributed by atoms with Gasteiger partial charge >= 0.3 is 0 Å². The van der Waals surface area contributed by atoms with E-state index in [-0.39, 0.29) is 12.4 Å². The number of fused-ring (bicyclic) bond motifs is 3. The second-order valence-electron chi connectivity index (χ2n) is 6.98. The van der Waals surface area contributed by atoms with Gasteiger partial charge in [0.1, 0.15) is 17.1 Å². The molecule has 1 aliphatic heterocycles. The van der Waals surface area contributed by atoms with Crippen molar-refractivity contribution >= 4 is 16.8 Å². The van der Waals surface area contributed by atoms with Crippen molar-refractivity contribution < 1.29 is 14.2 Å². The summed E-state index contributed by atoms with van der Waals surface area (Å²) in [5.41, 5.74) is 2.19. The van der Waals surface area contributed by atoms with E-state index in [1.165, 1.54) is 11.0 Å². The molecule has 0 aromatic heterocycles. The van der Waals surface area contributed by atoms with Gasteiger partial charge in [-0.2, -0.15) is 0 Å². The van der Waals surface area contributed by atoms with Gasteiger partial charge in [-0.1, -0.05) is 29.9 Å². The minimum atomic E-state index is -0.267. The molecular weight excluding hydrogens is 312 g/mol. The van der Waals surface area contributed by atoms with E-state index in [2.05, 4.69) is 57.2 Å². The van der Waals surface area contributed by atoms with Gasteiger partial charge in [-0.3, -0.25) is 0 Å². The fraction of sp³-hybridized carbons (Fsp3) is 0.364. The van der Waals surface area contributed by atoms with Crippen LogP contribution in [0.15, 0.2) is 48.1 Å². The lowest BCUT2D eigenvalue weighted by Crippen LogP contribution is -2.31. The first-order valence-electron chi connectivity index (χ1n) is 8.71. The molecule has 3 nitrogen and oxygen atoms in total. The van der Waals surface area contributed by atoms with Crippen molar-refractivity contribution in [1.82, 2.24) is 0 Å². The van der Waals surface area contributed by atoms with Gasteiger partial charge in [-0.25, -0.2) is 0 Å². The van der Waals surface area contributed by atoms with Gasteiger partial charge in [0.15, 0.2) is 6.79 Å². The summed E-state index contributed by atoms with van der Waals surface area (Å²) in [6, 6.07) is 10.2. The summed E-state index contributed by atoms with van der Waals surface area (Å²) < 4.78 is 16.9. The lowest BCUT2D eigenvalue weighted by atomic mass is 9.92. The summed E-state index contributed by atoms with van der Waals surface area (Å²) in [6.45, 7) is 6.65. The minimum absolute atomic E-state index is 0.245. The van der Waals surface area contributed by atoms with E-state index in [1.807, 2.05) is 12.1 Å². The molecular formula is C22H26O3. The number of hydrogen-bond acceptors (Lipinski definition) is 3. The monoisotopic (exact) mass is 338 g/mol. The van der Waals surface area contributed by atoms with Crippen molar-refractivity contribution in [1.29, 1.82) is 0 Å². The molecule has 0 saturated carbocycles. The number of ether oxygens (including phenoxy) is 3. The Bertz CT molecular complexity index is 815. The number of allylic oxidation sites excluding steroid dienone is 2. The number of rotatable bonds is 6.